The highest BCUT2D eigenvalue weighted by Gasteiger charge is 2.19. The van der Waals surface area contributed by atoms with Crippen molar-refractivity contribution in [3.05, 3.63) is 58.1 Å². The number of ether oxygens (including phenoxy) is 1. The lowest BCUT2D eigenvalue weighted by molar-refractivity contribution is -0.384. The summed E-state index contributed by atoms with van der Waals surface area (Å²) in [5.74, 6) is -0.108. The average molecular weight is 421 g/mol. The predicted octanol–water partition coefficient (Wildman–Crippen LogP) is 3.10. The van der Waals surface area contributed by atoms with Gasteiger partial charge in [-0.25, -0.2) is 8.42 Å². The van der Waals surface area contributed by atoms with Crippen LogP contribution in [0.3, 0.4) is 0 Å². The molecule has 0 heterocycles. The summed E-state index contributed by atoms with van der Waals surface area (Å²) in [6.07, 6.45) is 1.42. The Morgan fingerprint density at radius 3 is 2.52 bits per heavy atom. The molecule has 0 saturated heterocycles. The summed E-state index contributed by atoms with van der Waals surface area (Å²) < 4.78 is 30.7. The van der Waals surface area contributed by atoms with Gasteiger partial charge >= 0.3 is 0 Å². The van der Waals surface area contributed by atoms with Gasteiger partial charge in [-0.1, -0.05) is 18.2 Å². The number of nitro benzene ring substituents is 1. The van der Waals surface area contributed by atoms with Crippen molar-refractivity contribution in [3.8, 4) is 5.75 Å². The molecular formula is C19H23N3O6S. The van der Waals surface area contributed by atoms with E-state index in [0.717, 1.165) is 11.8 Å². The number of nitrogens with one attached hydrogen (secondary N) is 1. The van der Waals surface area contributed by atoms with Crippen molar-refractivity contribution in [2.75, 3.05) is 29.5 Å². The summed E-state index contributed by atoms with van der Waals surface area (Å²) in [4.78, 5) is 22.7. The van der Waals surface area contributed by atoms with E-state index in [2.05, 4.69) is 5.32 Å². The first-order chi connectivity index (χ1) is 13.6. The summed E-state index contributed by atoms with van der Waals surface area (Å²) in [5, 5.41) is 13.5. The zero-order valence-electron chi connectivity index (χ0n) is 16.4. The number of carbonyl (C=O) groups is 1. The molecule has 0 unspecified atom stereocenters. The molecule has 0 aromatic heterocycles. The van der Waals surface area contributed by atoms with Crippen molar-refractivity contribution in [3.63, 3.8) is 0 Å². The molecule has 2 rings (SSSR count). The quantitative estimate of drug-likeness (QED) is 0.491. The second-order valence-electron chi connectivity index (χ2n) is 6.42. The van der Waals surface area contributed by atoms with Gasteiger partial charge in [0.2, 0.25) is 15.9 Å². The molecule has 0 saturated carbocycles. The lowest BCUT2D eigenvalue weighted by Crippen LogP contribution is -2.32. The van der Waals surface area contributed by atoms with E-state index in [9.17, 15) is 23.3 Å². The molecule has 9 nitrogen and oxygen atoms in total. The standard InChI is InChI=1S/C19H23N3O6S/c1-14-7-4-5-8-17(14)21(29(3,26)27)12-6-9-19(23)20-16-13-15(22(24)25)10-11-18(16)28-2/h4-5,7-8,10-11,13H,6,9,12H2,1-3H3,(H,20,23). The van der Waals surface area contributed by atoms with E-state index >= 15 is 0 Å². The normalized spacial score (nSPS) is 11.0. The maximum atomic E-state index is 12.3. The van der Waals surface area contributed by atoms with Gasteiger partial charge in [-0.3, -0.25) is 19.2 Å². The molecule has 0 radical (unpaired) electrons. The zero-order chi connectivity index (χ0) is 21.6. The van der Waals surface area contributed by atoms with Crippen LogP contribution in [-0.2, 0) is 14.8 Å². The molecule has 1 amide bonds. The Bertz CT molecular complexity index is 1010. The van der Waals surface area contributed by atoms with Gasteiger partial charge in [0.1, 0.15) is 5.75 Å². The fraction of sp³-hybridized carbons (Fsp3) is 0.316. The third-order valence-corrected chi connectivity index (χ3v) is 5.40. The first-order valence-electron chi connectivity index (χ1n) is 8.79. The lowest BCUT2D eigenvalue weighted by Gasteiger charge is -2.24. The molecule has 0 fully saturated rings. The summed E-state index contributed by atoms with van der Waals surface area (Å²) in [7, 11) is -2.12. The van der Waals surface area contributed by atoms with Gasteiger partial charge < -0.3 is 10.1 Å². The van der Waals surface area contributed by atoms with Gasteiger partial charge in [0.05, 0.1) is 29.7 Å². The minimum Gasteiger partial charge on any atom is -0.495 e. The number of nitrogens with zero attached hydrogens (tertiary/aromatic N) is 2. The summed E-state index contributed by atoms with van der Waals surface area (Å²) in [6, 6.07) is 11.0. The van der Waals surface area contributed by atoms with Crippen LogP contribution in [0.2, 0.25) is 0 Å². The molecule has 10 heteroatoms. The number of rotatable bonds is 9. The Hall–Kier alpha value is -3.14. The fourth-order valence-electron chi connectivity index (χ4n) is 2.81. The smallest absolute Gasteiger partial charge is 0.271 e. The van der Waals surface area contributed by atoms with Gasteiger partial charge in [0, 0.05) is 25.1 Å². The summed E-state index contributed by atoms with van der Waals surface area (Å²) in [5.41, 5.74) is 1.38. The fourth-order valence-corrected chi connectivity index (χ4v) is 3.83. The highest BCUT2D eigenvalue weighted by molar-refractivity contribution is 7.92. The van der Waals surface area contributed by atoms with E-state index in [1.165, 1.54) is 29.6 Å². The van der Waals surface area contributed by atoms with Crippen LogP contribution in [0.1, 0.15) is 18.4 Å². The van der Waals surface area contributed by atoms with Crippen molar-refractivity contribution >= 4 is 33.0 Å². The van der Waals surface area contributed by atoms with Crippen LogP contribution in [-0.4, -0.2) is 39.2 Å². The number of methoxy groups -OCH3 is 1. The number of anilines is 2. The van der Waals surface area contributed by atoms with Crippen LogP contribution in [0.5, 0.6) is 5.75 Å². The van der Waals surface area contributed by atoms with Crippen molar-refractivity contribution < 1.29 is 22.9 Å². The Morgan fingerprint density at radius 2 is 1.93 bits per heavy atom. The van der Waals surface area contributed by atoms with Gasteiger partial charge in [-0.2, -0.15) is 0 Å². The van der Waals surface area contributed by atoms with Crippen LogP contribution in [0.25, 0.3) is 0 Å². The minimum atomic E-state index is -3.52. The maximum absolute atomic E-state index is 12.3. The molecule has 1 N–H and O–H groups in total. The van der Waals surface area contributed by atoms with Crippen molar-refractivity contribution in [2.45, 2.75) is 19.8 Å². The number of non-ortho nitro benzene ring substituents is 1. The number of sulfonamides is 1. The first kappa shape index (κ1) is 22.2. The van der Waals surface area contributed by atoms with Crippen LogP contribution >= 0.6 is 0 Å². The maximum Gasteiger partial charge on any atom is 0.271 e. The Labute approximate surface area is 169 Å². The van der Waals surface area contributed by atoms with E-state index in [1.54, 1.807) is 12.1 Å². The van der Waals surface area contributed by atoms with E-state index in [1.807, 2.05) is 19.1 Å². The molecule has 0 aliphatic heterocycles. The SMILES string of the molecule is COc1ccc([N+](=O)[O-])cc1NC(=O)CCCN(c1ccccc1C)S(C)(=O)=O. The second kappa shape index (κ2) is 9.37. The van der Waals surface area contributed by atoms with Crippen LogP contribution in [0.15, 0.2) is 42.5 Å². The topological polar surface area (TPSA) is 119 Å². The first-order valence-corrected chi connectivity index (χ1v) is 10.6. The molecule has 0 atom stereocenters. The number of para-hydroxylation sites is 1. The predicted molar refractivity (Wildman–Crippen MR) is 111 cm³/mol. The van der Waals surface area contributed by atoms with Crippen molar-refractivity contribution in [2.24, 2.45) is 0 Å². The third kappa shape index (κ3) is 5.92. The molecule has 0 aliphatic carbocycles. The summed E-state index contributed by atoms with van der Waals surface area (Å²) in [6.45, 7) is 1.94. The lowest BCUT2D eigenvalue weighted by atomic mass is 10.2. The number of carbonyl (C=O) groups excluding carboxylic acids is 1. The van der Waals surface area contributed by atoms with Gasteiger partial charge in [0.15, 0.2) is 0 Å². The molecule has 2 aromatic carbocycles. The Morgan fingerprint density at radius 1 is 1.24 bits per heavy atom. The van der Waals surface area contributed by atoms with Crippen LogP contribution in [0, 0.1) is 17.0 Å². The number of amides is 1. The largest absolute Gasteiger partial charge is 0.495 e. The number of nitro groups is 1. The van der Waals surface area contributed by atoms with Gasteiger partial charge in [-0.05, 0) is 31.0 Å². The third-order valence-electron chi connectivity index (χ3n) is 4.22. The van der Waals surface area contributed by atoms with E-state index < -0.39 is 20.9 Å². The minimum absolute atomic E-state index is 0.0315. The van der Waals surface area contributed by atoms with Gasteiger partial charge in [0.25, 0.3) is 5.69 Å². The molecule has 0 bridgehead atoms. The van der Waals surface area contributed by atoms with E-state index in [4.69, 9.17) is 4.74 Å². The number of hydrogen-bond acceptors (Lipinski definition) is 6. The van der Waals surface area contributed by atoms with E-state index in [-0.39, 0.29) is 30.8 Å². The molecule has 0 spiro atoms. The molecular weight excluding hydrogens is 398 g/mol. The van der Waals surface area contributed by atoms with Crippen LogP contribution < -0.4 is 14.4 Å². The van der Waals surface area contributed by atoms with Crippen molar-refractivity contribution in [1.82, 2.24) is 0 Å². The number of aryl methyl sites for hydroxylation is 1. The number of benzene rings is 2. The Kier molecular flexibility index (Phi) is 7.16. The molecule has 29 heavy (non-hydrogen) atoms. The van der Waals surface area contributed by atoms with E-state index in [0.29, 0.717) is 11.4 Å². The monoisotopic (exact) mass is 421 g/mol. The second-order valence-corrected chi connectivity index (χ2v) is 8.32. The molecule has 0 aliphatic rings. The van der Waals surface area contributed by atoms with Crippen molar-refractivity contribution in [1.29, 1.82) is 0 Å². The molecule has 156 valence electrons. The van der Waals surface area contributed by atoms with Crippen LogP contribution in [0.4, 0.5) is 17.1 Å². The summed E-state index contributed by atoms with van der Waals surface area (Å²) >= 11 is 0. The Balaban J connectivity index is 2.06. The highest BCUT2D eigenvalue weighted by atomic mass is 32.2. The zero-order valence-corrected chi connectivity index (χ0v) is 17.2. The molecule has 2 aromatic rings. The average Bonchev–Trinajstić information content (AvgIpc) is 2.65. The highest BCUT2D eigenvalue weighted by Crippen LogP contribution is 2.29. The number of hydrogen-bond donors (Lipinski definition) is 1. The van der Waals surface area contributed by atoms with Gasteiger partial charge in [-0.15, -0.1) is 0 Å².